The smallest absolute Gasteiger partial charge is 0.365 e. The molecule has 2 N–H and O–H groups in total. The first kappa shape index (κ1) is 17.4. The molecule has 0 spiro atoms. The van der Waals surface area contributed by atoms with Gasteiger partial charge in [-0.15, -0.1) is 0 Å². The van der Waals surface area contributed by atoms with Crippen molar-refractivity contribution in [3.05, 3.63) is 58.9 Å². The Hall–Kier alpha value is -2.44. The molecule has 0 aliphatic carbocycles. The van der Waals surface area contributed by atoms with E-state index in [2.05, 4.69) is 10.3 Å². The normalized spacial score (nSPS) is 19.0. The third-order valence-electron chi connectivity index (χ3n) is 4.36. The molecule has 3 rings (SSSR count). The van der Waals surface area contributed by atoms with E-state index < -0.39 is 6.04 Å². The van der Waals surface area contributed by atoms with E-state index >= 15 is 0 Å². The summed E-state index contributed by atoms with van der Waals surface area (Å²) in [5, 5.41) is 2.99. The number of quaternary nitrogens is 1. The van der Waals surface area contributed by atoms with Gasteiger partial charge in [-0.25, -0.2) is 9.78 Å². The number of ether oxygens (including phenoxy) is 1. The van der Waals surface area contributed by atoms with Gasteiger partial charge in [-0.2, -0.15) is 0 Å². The van der Waals surface area contributed by atoms with Crippen molar-refractivity contribution in [3.63, 3.8) is 0 Å². The second kappa shape index (κ2) is 7.63. The zero-order valence-electron chi connectivity index (χ0n) is 13.8. The summed E-state index contributed by atoms with van der Waals surface area (Å²) < 4.78 is 4.93. The highest BCUT2D eigenvalue weighted by Crippen LogP contribution is 2.17. The number of benzene rings is 1. The van der Waals surface area contributed by atoms with E-state index in [0.29, 0.717) is 18.7 Å². The largest absolute Gasteiger partial charge is 0.465 e. The first-order chi connectivity index (χ1) is 12.1. The molecule has 0 fully saturated rings. The minimum atomic E-state index is -0.407. The fourth-order valence-corrected chi connectivity index (χ4v) is 3.29. The highest BCUT2D eigenvalue weighted by atomic mass is 35.5. The predicted octanol–water partition coefficient (Wildman–Crippen LogP) is 0.856. The highest BCUT2D eigenvalue weighted by molar-refractivity contribution is 6.32. The second-order valence-corrected chi connectivity index (χ2v) is 6.31. The minimum Gasteiger partial charge on any atom is -0.465 e. The van der Waals surface area contributed by atoms with Crippen molar-refractivity contribution in [2.45, 2.75) is 19.0 Å². The Balaban J connectivity index is 1.75. The number of halogens is 1. The summed E-state index contributed by atoms with van der Waals surface area (Å²) in [6.45, 7) is 0.726. The minimum absolute atomic E-state index is 0.138. The summed E-state index contributed by atoms with van der Waals surface area (Å²) in [7, 11) is 1.37. The van der Waals surface area contributed by atoms with Gasteiger partial charge in [0.25, 0.3) is 5.91 Å². The second-order valence-electron chi connectivity index (χ2n) is 5.95. The molecule has 6 nitrogen and oxygen atoms in total. The van der Waals surface area contributed by atoms with Crippen LogP contribution in [-0.4, -0.2) is 36.6 Å². The molecule has 130 valence electrons. The molecule has 1 aromatic heterocycles. The standard InChI is InChI=1S/C18H18ClN3O3/c1-25-18(24)15-9-12-5-2-3-6-13(12)10-22(15)11-16(23)21-14-7-4-8-20-17(14)19/h2-8,15H,9-11H2,1H3,(H,21,23)/p+1/t15-/m0/s1. The third-order valence-corrected chi connectivity index (χ3v) is 4.66. The molecule has 0 saturated carbocycles. The number of nitrogens with one attached hydrogen (secondary N) is 2. The van der Waals surface area contributed by atoms with Crippen LogP contribution >= 0.6 is 11.6 Å². The van der Waals surface area contributed by atoms with Crippen LogP contribution in [0.25, 0.3) is 0 Å². The van der Waals surface area contributed by atoms with Crippen molar-refractivity contribution in [1.29, 1.82) is 0 Å². The fraction of sp³-hybridized carbons (Fsp3) is 0.278. The average Bonchev–Trinajstić information content (AvgIpc) is 2.62. The molecule has 7 heteroatoms. The number of fused-ring (bicyclic) bond motifs is 1. The summed E-state index contributed by atoms with van der Waals surface area (Å²) in [6.07, 6.45) is 2.11. The number of hydrogen-bond acceptors (Lipinski definition) is 4. The number of pyridine rings is 1. The maximum atomic E-state index is 12.4. The molecule has 0 saturated heterocycles. The van der Waals surface area contributed by atoms with Crippen LogP contribution in [-0.2, 0) is 27.3 Å². The zero-order valence-corrected chi connectivity index (χ0v) is 14.5. The van der Waals surface area contributed by atoms with Crippen molar-refractivity contribution in [2.75, 3.05) is 19.0 Å². The number of hydrogen-bond donors (Lipinski definition) is 2. The van der Waals surface area contributed by atoms with E-state index in [1.807, 2.05) is 24.3 Å². The summed E-state index contributed by atoms with van der Waals surface area (Å²) in [4.78, 5) is 29.4. The number of carbonyl (C=O) groups excluding carboxylic acids is 2. The van der Waals surface area contributed by atoms with Gasteiger partial charge in [0.2, 0.25) is 0 Å². The average molecular weight is 361 g/mol. The maximum absolute atomic E-state index is 12.4. The number of esters is 1. The van der Waals surface area contributed by atoms with Crippen molar-refractivity contribution in [1.82, 2.24) is 4.98 Å². The molecule has 2 atom stereocenters. The molecule has 0 radical (unpaired) electrons. The monoisotopic (exact) mass is 360 g/mol. The lowest BCUT2D eigenvalue weighted by Crippen LogP contribution is -3.17. The molecule has 1 unspecified atom stereocenters. The van der Waals surface area contributed by atoms with Gasteiger partial charge in [-0.05, 0) is 17.7 Å². The molecule has 2 aromatic rings. The van der Waals surface area contributed by atoms with Gasteiger partial charge in [0, 0.05) is 18.2 Å². The molecule has 1 aliphatic heterocycles. The van der Waals surface area contributed by atoms with Crippen molar-refractivity contribution < 1.29 is 19.2 Å². The number of methoxy groups -OCH3 is 1. The van der Waals surface area contributed by atoms with E-state index in [-0.39, 0.29) is 23.6 Å². The highest BCUT2D eigenvalue weighted by Gasteiger charge is 2.37. The summed E-state index contributed by atoms with van der Waals surface area (Å²) >= 11 is 5.97. The number of anilines is 1. The summed E-state index contributed by atoms with van der Waals surface area (Å²) in [6, 6.07) is 10.9. The molecule has 25 heavy (non-hydrogen) atoms. The van der Waals surface area contributed by atoms with E-state index in [1.54, 1.807) is 18.3 Å². The number of nitrogens with zero attached hydrogens (tertiary/aromatic N) is 1. The lowest BCUT2D eigenvalue weighted by molar-refractivity contribution is -0.924. The maximum Gasteiger partial charge on any atom is 0.365 e. The topological polar surface area (TPSA) is 72.7 Å². The molecule has 0 bridgehead atoms. The van der Waals surface area contributed by atoms with Gasteiger partial charge in [0.05, 0.1) is 12.8 Å². The van der Waals surface area contributed by atoms with Gasteiger partial charge < -0.3 is 15.0 Å². The fourth-order valence-electron chi connectivity index (χ4n) is 3.12. The van der Waals surface area contributed by atoms with Gasteiger partial charge >= 0.3 is 5.97 Å². The summed E-state index contributed by atoms with van der Waals surface area (Å²) in [5.74, 6) is -0.533. The SMILES string of the molecule is COC(=O)[C@@H]1Cc2ccccc2C[NH+]1CC(=O)Nc1cccnc1Cl. The lowest BCUT2D eigenvalue weighted by atomic mass is 9.94. The third kappa shape index (κ3) is 3.97. The molecule has 1 aromatic carbocycles. The molecule has 1 amide bonds. The first-order valence-electron chi connectivity index (χ1n) is 7.98. The van der Waals surface area contributed by atoms with Crippen molar-refractivity contribution >= 4 is 29.2 Å². The number of amides is 1. The van der Waals surface area contributed by atoms with Crippen LogP contribution < -0.4 is 10.2 Å². The van der Waals surface area contributed by atoms with Gasteiger partial charge in [0.15, 0.2) is 17.7 Å². The molecule has 2 heterocycles. The molecular formula is C18H19ClN3O3+. The number of aromatic nitrogens is 1. The Labute approximate surface area is 150 Å². The van der Waals surface area contributed by atoms with Gasteiger partial charge in [-0.1, -0.05) is 35.9 Å². The van der Waals surface area contributed by atoms with Gasteiger partial charge in [0.1, 0.15) is 6.54 Å². The quantitative estimate of drug-likeness (QED) is 0.626. The Morgan fingerprint density at radius 3 is 2.76 bits per heavy atom. The molecular weight excluding hydrogens is 342 g/mol. The Morgan fingerprint density at radius 2 is 2.04 bits per heavy atom. The Bertz CT molecular complexity index is 797. The van der Waals surface area contributed by atoms with E-state index in [1.165, 1.54) is 7.11 Å². The van der Waals surface area contributed by atoms with E-state index in [0.717, 1.165) is 16.0 Å². The van der Waals surface area contributed by atoms with Crippen LogP contribution in [0.15, 0.2) is 42.6 Å². The van der Waals surface area contributed by atoms with Gasteiger partial charge in [-0.3, -0.25) is 4.79 Å². The first-order valence-corrected chi connectivity index (χ1v) is 8.36. The lowest BCUT2D eigenvalue weighted by Gasteiger charge is -2.31. The number of rotatable bonds is 4. The van der Waals surface area contributed by atoms with Crippen LogP contribution in [0, 0.1) is 0 Å². The summed E-state index contributed by atoms with van der Waals surface area (Å²) in [5.41, 5.74) is 2.72. The number of carbonyl (C=O) groups is 2. The van der Waals surface area contributed by atoms with Crippen molar-refractivity contribution in [2.24, 2.45) is 0 Å². The van der Waals surface area contributed by atoms with Crippen LogP contribution in [0.3, 0.4) is 0 Å². The van der Waals surface area contributed by atoms with Crippen molar-refractivity contribution in [3.8, 4) is 0 Å². The zero-order chi connectivity index (χ0) is 17.8. The van der Waals surface area contributed by atoms with E-state index in [9.17, 15) is 9.59 Å². The Kier molecular flexibility index (Phi) is 5.31. The predicted molar refractivity (Wildman–Crippen MR) is 93.4 cm³/mol. The van der Waals surface area contributed by atoms with Crippen LogP contribution in [0.1, 0.15) is 11.1 Å². The van der Waals surface area contributed by atoms with Crippen LogP contribution in [0.2, 0.25) is 5.15 Å². The molecule has 1 aliphatic rings. The van der Waals surface area contributed by atoms with E-state index in [4.69, 9.17) is 16.3 Å². The van der Waals surface area contributed by atoms with Crippen LogP contribution in [0.4, 0.5) is 5.69 Å². The Morgan fingerprint density at radius 1 is 1.28 bits per heavy atom. The van der Waals surface area contributed by atoms with Crippen LogP contribution in [0.5, 0.6) is 0 Å².